The van der Waals surface area contributed by atoms with Crippen LogP contribution in [0.15, 0.2) is 24.3 Å². The summed E-state index contributed by atoms with van der Waals surface area (Å²) in [7, 11) is 0. The van der Waals surface area contributed by atoms with Crippen molar-refractivity contribution in [3.8, 4) is 0 Å². The number of hydrogen-bond acceptors (Lipinski definition) is 4. The number of nitrogens with two attached hydrogens (primary N) is 1. The highest BCUT2D eigenvalue weighted by Crippen LogP contribution is 2.08. The van der Waals surface area contributed by atoms with Gasteiger partial charge < -0.3 is 5.32 Å². The van der Waals surface area contributed by atoms with Crippen LogP contribution in [0.2, 0.25) is 0 Å². The first kappa shape index (κ1) is 13.0. The van der Waals surface area contributed by atoms with E-state index >= 15 is 0 Å². The van der Waals surface area contributed by atoms with Crippen molar-refractivity contribution in [1.29, 1.82) is 0 Å². The molecule has 0 aromatic heterocycles. The van der Waals surface area contributed by atoms with Crippen LogP contribution < -0.4 is 16.6 Å². The number of benzene rings is 1. The second kappa shape index (κ2) is 6.49. The lowest BCUT2D eigenvalue weighted by molar-refractivity contribution is -0.120. The molecule has 1 aliphatic rings. The molecule has 98 valence electrons. The Labute approximate surface area is 107 Å². The van der Waals surface area contributed by atoms with Crippen LogP contribution in [0.3, 0.4) is 0 Å². The van der Waals surface area contributed by atoms with E-state index in [1.54, 1.807) is 0 Å². The van der Waals surface area contributed by atoms with Crippen LogP contribution in [-0.2, 0) is 17.8 Å². The van der Waals surface area contributed by atoms with Gasteiger partial charge in [0.1, 0.15) is 0 Å². The normalized spacial score (nSPS) is 16.5. The summed E-state index contributed by atoms with van der Waals surface area (Å²) in [6.07, 6.45) is 0.338. The molecular formula is C13H20N4O. The fraction of sp³-hybridized carbons (Fsp3) is 0.462. The number of hydrogen-bond donors (Lipinski definition) is 3. The highest BCUT2D eigenvalue weighted by molar-refractivity contribution is 5.77. The highest BCUT2D eigenvalue weighted by Gasteiger charge is 2.09. The van der Waals surface area contributed by atoms with E-state index in [0.29, 0.717) is 6.42 Å². The molecule has 1 amide bonds. The minimum Gasteiger partial charge on any atom is -0.314 e. The van der Waals surface area contributed by atoms with Gasteiger partial charge in [0.05, 0.1) is 6.42 Å². The van der Waals surface area contributed by atoms with Crippen molar-refractivity contribution in [2.24, 2.45) is 5.84 Å². The smallest absolute Gasteiger partial charge is 0.238 e. The van der Waals surface area contributed by atoms with E-state index in [-0.39, 0.29) is 5.91 Å². The van der Waals surface area contributed by atoms with E-state index in [1.165, 1.54) is 5.56 Å². The summed E-state index contributed by atoms with van der Waals surface area (Å²) in [5.74, 6) is 4.90. The summed E-state index contributed by atoms with van der Waals surface area (Å²) in [4.78, 5) is 13.6. The maximum Gasteiger partial charge on any atom is 0.238 e. The number of hydrazine groups is 1. The zero-order valence-electron chi connectivity index (χ0n) is 10.5. The van der Waals surface area contributed by atoms with Gasteiger partial charge in [-0.1, -0.05) is 24.3 Å². The molecule has 0 saturated carbocycles. The third-order valence-corrected chi connectivity index (χ3v) is 3.16. The third-order valence-electron chi connectivity index (χ3n) is 3.16. The van der Waals surface area contributed by atoms with E-state index in [9.17, 15) is 4.79 Å². The van der Waals surface area contributed by atoms with Crippen LogP contribution in [0.4, 0.5) is 0 Å². The molecule has 2 rings (SSSR count). The zero-order chi connectivity index (χ0) is 12.8. The maximum atomic E-state index is 11.1. The van der Waals surface area contributed by atoms with Crippen molar-refractivity contribution in [1.82, 2.24) is 15.6 Å². The minimum absolute atomic E-state index is 0.162. The SMILES string of the molecule is NNC(=O)Cc1ccc(CN2CCNCC2)cc1. The topological polar surface area (TPSA) is 70.4 Å². The molecule has 18 heavy (non-hydrogen) atoms. The lowest BCUT2D eigenvalue weighted by atomic mass is 10.1. The number of carbonyl (C=O) groups excluding carboxylic acids is 1. The quantitative estimate of drug-likeness (QED) is 0.386. The largest absolute Gasteiger partial charge is 0.314 e. The average molecular weight is 248 g/mol. The van der Waals surface area contributed by atoms with Crippen LogP contribution >= 0.6 is 0 Å². The summed E-state index contributed by atoms with van der Waals surface area (Å²) in [6, 6.07) is 8.15. The number of carbonyl (C=O) groups is 1. The summed E-state index contributed by atoms with van der Waals surface area (Å²) in [5.41, 5.74) is 4.41. The molecule has 5 nitrogen and oxygen atoms in total. The Bertz CT molecular complexity index is 384. The van der Waals surface area contributed by atoms with Gasteiger partial charge in [-0.2, -0.15) is 0 Å². The van der Waals surface area contributed by atoms with E-state index in [2.05, 4.69) is 27.8 Å². The molecule has 0 aliphatic carbocycles. The number of amides is 1. The first-order chi connectivity index (χ1) is 8.78. The fourth-order valence-electron chi connectivity index (χ4n) is 2.13. The number of nitrogens with zero attached hydrogens (tertiary/aromatic N) is 1. The molecule has 0 spiro atoms. The van der Waals surface area contributed by atoms with Crippen LogP contribution in [0.5, 0.6) is 0 Å². The summed E-state index contributed by atoms with van der Waals surface area (Å²) < 4.78 is 0. The van der Waals surface area contributed by atoms with Crippen molar-refractivity contribution >= 4 is 5.91 Å². The number of rotatable bonds is 4. The molecule has 0 bridgehead atoms. The Kier molecular flexibility index (Phi) is 4.69. The van der Waals surface area contributed by atoms with Gasteiger partial charge in [0.2, 0.25) is 5.91 Å². The lowest BCUT2D eigenvalue weighted by Gasteiger charge is -2.27. The molecule has 1 saturated heterocycles. The first-order valence-corrected chi connectivity index (χ1v) is 6.28. The highest BCUT2D eigenvalue weighted by atomic mass is 16.2. The molecule has 1 aromatic carbocycles. The lowest BCUT2D eigenvalue weighted by Crippen LogP contribution is -2.42. The zero-order valence-corrected chi connectivity index (χ0v) is 10.5. The van der Waals surface area contributed by atoms with Crippen molar-refractivity contribution < 1.29 is 4.79 Å². The Balaban J connectivity index is 1.88. The van der Waals surface area contributed by atoms with Gasteiger partial charge in [0.15, 0.2) is 0 Å². The Morgan fingerprint density at radius 3 is 2.44 bits per heavy atom. The molecule has 5 heteroatoms. The Hall–Kier alpha value is -1.43. The Morgan fingerprint density at radius 2 is 1.83 bits per heavy atom. The maximum absolute atomic E-state index is 11.1. The fourth-order valence-corrected chi connectivity index (χ4v) is 2.13. The molecular weight excluding hydrogens is 228 g/mol. The summed E-state index contributed by atoms with van der Waals surface area (Å²) in [5, 5.41) is 3.34. The molecule has 0 unspecified atom stereocenters. The van der Waals surface area contributed by atoms with E-state index < -0.39 is 0 Å². The first-order valence-electron chi connectivity index (χ1n) is 6.28. The van der Waals surface area contributed by atoms with Crippen LogP contribution in [0.25, 0.3) is 0 Å². The van der Waals surface area contributed by atoms with Crippen molar-refractivity contribution in [2.75, 3.05) is 26.2 Å². The average Bonchev–Trinajstić information content (AvgIpc) is 2.42. The summed E-state index contributed by atoms with van der Waals surface area (Å²) in [6.45, 7) is 5.29. The second-order valence-electron chi connectivity index (χ2n) is 4.59. The van der Waals surface area contributed by atoms with Gasteiger partial charge in [-0.25, -0.2) is 5.84 Å². The monoisotopic (exact) mass is 248 g/mol. The number of piperazine rings is 1. The van der Waals surface area contributed by atoms with E-state index in [4.69, 9.17) is 5.84 Å². The van der Waals surface area contributed by atoms with E-state index in [0.717, 1.165) is 38.3 Å². The van der Waals surface area contributed by atoms with Crippen molar-refractivity contribution in [3.63, 3.8) is 0 Å². The van der Waals surface area contributed by atoms with Crippen molar-refractivity contribution in [3.05, 3.63) is 35.4 Å². The van der Waals surface area contributed by atoms with Gasteiger partial charge >= 0.3 is 0 Å². The standard InChI is InChI=1S/C13H20N4O/c14-16-13(18)9-11-1-3-12(4-2-11)10-17-7-5-15-6-8-17/h1-4,15H,5-10,14H2,(H,16,18). The molecule has 0 radical (unpaired) electrons. The van der Waals surface area contributed by atoms with Crippen LogP contribution in [0, 0.1) is 0 Å². The van der Waals surface area contributed by atoms with Gasteiger partial charge in [0, 0.05) is 32.7 Å². The van der Waals surface area contributed by atoms with Gasteiger partial charge in [0.25, 0.3) is 0 Å². The second-order valence-corrected chi connectivity index (χ2v) is 4.59. The number of nitrogens with one attached hydrogen (secondary N) is 2. The molecule has 1 aromatic rings. The predicted octanol–water partition coefficient (Wildman–Crippen LogP) is -0.376. The van der Waals surface area contributed by atoms with E-state index in [1.807, 2.05) is 12.1 Å². The van der Waals surface area contributed by atoms with Crippen LogP contribution in [0.1, 0.15) is 11.1 Å². The molecule has 0 atom stereocenters. The van der Waals surface area contributed by atoms with Crippen molar-refractivity contribution in [2.45, 2.75) is 13.0 Å². The van der Waals surface area contributed by atoms with Gasteiger partial charge in [-0.15, -0.1) is 0 Å². The van der Waals surface area contributed by atoms with Gasteiger partial charge in [-0.05, 0) is 11.1 Å². The molecule has 1 aliphatic heterocycles. The Morgan fingerprint density at radius 1 is 1.22 bits per heavy atom. The molecule has 4 N–H and O–H groups in total. The minimum atomic E-state index is -0.162. The molecule has 1 heterocycles. The van der Waals surface area contributed by atoms with Crippen LogP contribution in [-0.4, -0.2) is 37.0 Å². The predicted molar refractivity (Wildman–Crippen MR) is 70.6 cm³/mol. The van der Waals surface area contributed by atoms with Gasteiger partial charge in [-0.3, -0.25) is 15.1 Å². The molecule has 1 fully saturated rings. The summed E-state index contributed by atoms with van der Waals surface area (Å²) >= 11 is 0. The third kappa shape index (κ3) is 3.80.